The monoisotopic (exact) mass is 315 g/mol. The number of H-pyrrole nitrogens is 1. The van der Waals surface area contributed by atoms with Gasteiger partial charge in [-0.25, -0.2) is 4.98 Å². The fourth-order valence-electron chi connectivity index (χ4n) is 2.30. The van der Waals surface area contributed by atoms with Crippen LogP contribution in [0.5, 0.6) is 0 Å². The van der Waals surface area contributed by atoms with Crippen LogP contribution in [0.15, 0.2) is 36.5 Å². The van der Waals surface area contributed by atoms with Crippen LogP contribution >= 0.6 is 0 Å². The highest BCUT2D eigenvalue weighted by atomic mass is 16.5. The van der Waals surface area contributed by atoms with Gasteiger partial charge >= 0.3 is 0 Å². The first-order chi connectivity index (χ1) is 11.1. The topological polar surface area (TPSA) is 67.0 Å². The third-order valence-corrected chi connectivity index (χ3v) is 3.53. The van der Waals surface area contributed by atoms with E-state index in [1.807, 2.05) is 51.1 Å². The summed E-state index contributed by atoms with van der Waals surface area (Å²) in [7, 11) is 0. The van der Waals surface area contributed by atoms with Gasteiger partial charge in [0, 0.05) is 6.42 Å². The van der Waals surface area contributed by atoms with Crippen LogP contribution in [-0.2, 0) is 9.53 Å². The summed E-state index contributed by atoms with van der Waals surface area (Å²) in [5.74, 6) is 0.764. The molecule has 5 nitrogen and oxygen atoms in total. The molecular weight excluding hydrogens is 290 g/mol. The molecule has 1 amide bonds. The number of nitrogens with one attached hydrogen (secondary N) is 2. The Hall–Kier alpha value is -2.14. The highest BCUT2D eigenvalue weighted by Gasteiger charge is 2.16. The van der Waals surface area contributed by atoms with Crippen LogP contribution in [0.1, 0.15) is 45.5 Å². The third-order valence-electron chi connectivity index (χ3n) is 3.53. The van der Waals surface area contributed by atoms with Crippen molar-refractivity contribution in [2.45, 2.75) is 45.8 Å². The van der Waals surface area contributed by atoms with Crippen LogP contribution in [0.2, 0.25) is 0 Å². The molecule has 0 bridgehead atoms. The maximum atomic E-state index is 12.0. The van der Waals surface area contributed by atoms with Crippen LogP contribution in [0.3, 0.4) is 0 Å². The number of aromatic nitrogens is 2. The average molecular weight is 315 g/mol. The van der Waals surface area contributed by atoms with Gasteiger partial charge in [-0.15, -0.1) is 0 Å². The number of ether oxygens (including phenoxy) is 1. The fraction of sp³-hybridized carbons (Fsp3) is 0.444. The number of hydrogen-bond donors (Lipinski definition) is 2. The zero-order chi connectivity index (χ0) is 16.7. The molecule has 0 aliphatic heterocycles. The first kappa shape index (κ1) is 17.2. The van der Waals surface area contributed by atoms with Gasteiger partial charge in [-0.05, 0) is 25.8 Å². The fourth-order valence-corrected chi connectivity index (χ4v) is 2.30. The molecule has 1 unspecified atom stereocenters. The van der Waals surface area contributed by atoms with Gasteiger partial charge in [0.15, 0.2) is 0 Å². The van der Waals surface area contributed by atoms with E-state index in [1.54, 1.807) is 6.20 Å². The molecule has 0 aliphatic rings. The van der Waals surface area contributed by atoms with E-state index in [2.05, 4.69) is 15.3 Å². The number of benzene rings is 1. The van der Waals surface area contributed by atoms with Crippen molar-refractivity contribution in [2.24, 2.45) is 0 Å². The van der Waals surface area contributed by atoms with Crippen LogP contribution < -0.4 is 5.32 Å². The largest absolute Gasteiger partial charge is 0.378 e. The normalized spacial score (nSPS) is 12.3. The van der Waals surface area contributed by atoms with Gasteiger partial charge in [0.1, 0.15) is 5.82 Å². The number of amides is 1. The molecule has 0 spiro atoms. The Labute approximate surface area is 137 Å². The van der Waals surface area contributed by atoms with E-state index in [4.69, 9.17) is 4.74 Å². The van der Waals surface area contributed by atoms with Gasteiger partial charge < -0.3 is 15.0 Å². The quantitative estimate of drug-likeness (QED) is 0.784. The Morgan fingerprint density at radius 2 is 2.04 bits per heavy atom. The van der Waals surface area contributed by atoms with Gasteiger partial charge in [0.25, 0.3) is 0 Å². The first-order valence-electron chi connectivity index (χ1n) is 8.11. The van der Waals surface area contributed by atoms with Crippen molar-refractivity contribution in [3.05, 3.63) is 42.4 Å². The number of carbonyl (C=O) groups excluding carboxylic acids is 1. The average Bonchev–Trinajstić information content (AvgIpc) is 3.03. The highest BCUT2D eigenvalue weighted by Crippen LogP contribution is 2.20. The molecule has 0 saturated carbocycles. The number of hydrogen-bond acceptors (Lipinski definition) is 3. The summed E-state index contributed by atoms with van der Waals surface area (Å²) in [5.41, 5.74) is 2.04. The number of imidazole rings is 1. The predicted octanol–water partition coefficient (Wildman–Crippen LogP) is 3.46. The van der Waals surface area contributed by atoms with E-state index in [-0.39, 0.29) is 18.1 Å². The third kappa shape index (κ3) is 5.21. The molecular formula is C18H25N3O2. The maximum Gasteiger partial charge on any atom is 0.222 e. The molecule has 0 fully saturated rings. The van der Waals surface area contributed by atoms with Crippen LogP contribution in [0.4, 0.5) is 0 Å². The van der Waals surface area contributed by atoms with E-state index in [9.17, 15) is 4.79 Å². The minimum Gasteiger partial charge on any atom is -0.378 e. The van der Waals surface area contributed by atoms with Crippen molar-refractivity contribution in [1.29, 1.82) is 0 Å². The van der Waals surface area contributed by atoms with Gasteiger partial charge in [0.2, 0.25) is 5.91 Å². The molecule has 0 saturated heterocycles. The minimum atomic E-state index is -0.112. The zero-order valence-corrected chi connectivity index (χ0v) is 14.0. The maximum absolute atomic E-state index is 12.0. The Morgan fingerprint density at radius 1 is 1.30 bits per heavy atom. The van der Waals surface area contributed by atoms with Crippen molar-refractivity contribution in [3.8, 4) is 11.3 Å². The second-order valence-electron chi connectivity index (χ2n) is 5.75. The molecule has 2 rings (SSSR count). The van der Waals surface area contributed by atoms with E-state index in [0.29, 0.717) is 13.0 Å². The molecule has 2 aromatic rings. The molecule has 2 N–H and O–H groups in total. The number of rotatable bonds is 8. The lowest BCUT2D eigenvalue weighted by atomic mass is 10.2. The van der Waals surface area contributed by atoms with Crippen molar-refractivity contribution < 1.29 is 9.53 Å². The van der Waals surface area contributed by atoms with Crippen molar-refractivity contribution in [2.75, 3.05) is 6.61 Å². The molecule has 1 aromatic carbocycles. The Kier molecular flexibility index (Phi) is 6.35. The van der Waals surface area contributed by atoms with Gasteiger partial charge in [-0.2, -0.15) is 0 Å². The van der Waals surface area contributed by atoms with Crippen molar-refractivity contribution >= 4 is 5.91 Å². The molecule has 1 atom stereocenters. The first-order valence-corrected chi connectivity index (χ1v) is 8.11. The lowest BCUT2D eigenvalue weighted by Gasteiger charge is -2.15. The lowest BCUT2D eigenvalue weighted by Crippen LogP contribution is -2.29. The summed E-state index contributed by atoms with van der Waals surface area (Å²) in [5, 5.41) is 3.01. The molecule has 23 heavy (non-hydrogen) atoms. The molecule has 1 aromatic heterocycles. The molecule has 0 aliphatic carbocycles. The number of aromatic amines is 1. The van der Waals surface area contributed by atoms with Crippen LogP contribution in [0.25, 0.3) is 11.3 Å². The van der Waals surface area contributed by atoms with Gasteiger partial charge in [0.05, 0.1) is 30.6 Å². The van der Waals surface area contributed by atoms with Gasteiger partial charge in [-0.3, -0.25) is 4.79 Å². The van der Waals surface area contributed by atoms with E-state index in [0.717, 1.165) is 23.5 Å². The minimum absolute atomic E-state index is 0.0184. The second kappa shape index (κ2) is 8.48. The summed E-state index contributed by atoms with van der Waals surface area (Å²) in [6.07, 6.45) is 3.09. The Morgan fingerprint density at radius 3 is 2.70 bits per heavy atom. The summed E-state index contributed by atoms with van der Waals surface area (Å²) < 4.78 is 5.41. The Balaban J connectivity index is 1.96. The smallest absolute Gasteiger partial charge is 0.222 e. The summed E-state index contributed by atoms with van der Waals surface area (Å²) in [6, 6.07) is 9.90. The second-order valence-corrected chi connectivity index (χ2v) is 5.75. The van der Waals surface area contributed by atoms with Crippen LogP contribution in [0, 0.1) is 0 Å². The van der Waals surface area contributed by atoms with Gasteiger partial charge in [-0.1, -0.05) is 37.3 Å². The SMILES string of the molecule is CCC(NC(=O)CCOC(C)C)c1ncc(-c2ccccc2)[nH]1. The number of carbonyl (C=O) groups is 1. The van der Waals surface area contributed by atoms with Crippen LogP contribution in [-0.4, -0.2) is 28.6 Å². The molecule has 124 valence electrons. The van der Waals surface area contributed by atoms with E-state index in [1.165, 1.54) is 0 Å². The predicted molar refractivity (Wildman–Crippen MR) is 90.9 cm³/mol. The molecule has 5 heteroatoms. The molecule has 1 heterocycles. The van der Waals surface area contributed by atoms with Crippen molar-refractivity contribution in [3.63, 3.8) is 0 Å². The van der Waals surface area contributed by atoms with Crippen molar-refractivity contribution in [1.82, 2.24) is 15.3 Å². The standard InChI is InChI=1S/C18H25N3O2/c1-4-15(20-17(22)10-11-23-13(2)3)18-19-12-16(21-18)14-8-6-5-7-9-14/h5-9,12-13,15H,4,10-11H2,1-3H3,(H,19,21)(H,20,22). The van der Waals surface area contributed by atoms with E-state index >= 15 is 0 Å². The van der Waals surface area contributed by atoms with E-state index < -0.39 is 0 Å². The molecule has 0 radical (unpaired) electrons. The lowest BCUT2D eigenvalue weighted by molar-refractivity contribution is -0.123. The Bertz CT molecular complexity index is 608. The number of nitrogens with zero attached hydrogens (tertiary/aromatic N) is 1. The summed E-state index contributed by atoms with van der Waals surface area (Å²) in [4.78, 5) is 19.7. The zero-order valence-electron chi connectivity index (χ0n) is 14.0. The highest BCUT2D eigenvalue weighted by molar-refractivity contribution is 5.76. The summed E-state index contributed by atoms with van der Waals surface area (Å²) in [6.45, 7) is 6.38. The summed E-state index contributed by atoms with van der Waals surface area (Å²) >= 11 is 0.